The molecule has 0 radical (unpaired) electrons. The standard InChI is InChI=1S/C24H26FNO5/c1-4-14-31-20-11-10-19(25)22-23(20)26(13-12-21(27)30-5-2)15-18(24(22)28)16-6-8-17(29-3)9-7-16/h6-11,15H,4-5,12-14H2,1-3H3. The van der Waals surface area contributed by atoms with Crippen LogP contribution >= 0.6 is 0 Å². The smallest absolute Gasteiger partial charge is 0.307 e. The summed E-state index contributed by atoms with van der Waals surface area (Å²) in [5.41, 5.74) is 0.842. The molecule has 3 aromatic rings. The monoisotopic (exact) mass is 427 g/mol. The Morgan fingerprint density at radius 1 is 1.10 bits per heavy atom. The maximum absolute atomic E-state index is 14.9. The fraction of sp³-hybridized carbons (Fsp3) is 0.333. The van der Waals surface area contributed by atoms with Crippen molar-refractivity contribution in [3.05, 3.63) is 58.6 Å². The highest BCUT2D eigenvalue weighted by Gasteiger charge is 2.19. The third kappa shape index (κ3) is 4.87. The molecule has 0 saturated heterocycles. The van der Waals surface area contributed by atoms with Gasteiger partial charge in [0, 0.05) is 18.3 Å². The Labute approximate surface area is 180 Å². The Morgan fingerprint density at radius 2 is 1.84 bits per heavy atom. The number of ether oxygens (including phenoxy) is 3. The molecule has 31 heavy (non-hydrogen) atoms. The Balaban J connectivity index is 2.21. The van der Waals surface area contributed by atoms with Gasteiger partial charge in [0.05, 0.1) is 37.6 Å². The summed E-state index contributed by atoms with van der Waals surface area (Å²) < 4.78 is 32.6. The average molecular weight is 427 g/mol. The number of esters is 1. The van der Waals surface area contributed by atoms with E-state index >= 15 is 0 Å². The molecule has 7 heteroatoms. The highest BCUT2D eigenvalue weighted by atomic mass is 19.1. The number of fused-ring (bicyclic) bond motifs is 1. The van der Waals surface area contributed by atoms with E-state index in [0.717, 1.165) is 6.42 Å². The van der Waals surface area contributed by atoms with E-state index in [4.69, 9.17) is 14.2 Å². The summed E-state index contributed by atoms with van der Waals surface area (Å²) in [6.07, 6.45) is 2.48. The van der Waals surface area contributed by atoms with Crippen LogP contribution in [-0.4, -0.2) is 30.9 Å². The van der Waals surface area contributed by atoms with E-state index in [1.54, 1.807) is 49.1 Å². The number of nitrogens with zero attached hydrogens (tertiary/aromatic N) is 1. The molecule has 0 spiro atoms. The van der Waals surface area contributed by atoms with Crippen LogP contribution in [0.1, 0.15) is 26.7 Å². The number of aromatic nitrogens is 1. The third-order valence-electron chi connectivity index (χ3n) is 4.86. The predicted octanol–water partition coefficient (Wildman–Crippen LogP) is 4.56. The number of carbonyl (C=O) groups excluding carboxylic acids is 1. The third-order valence-corrected chi connectivity index (χ3v) is 4.86. The highest BCUT2D eigenvalue weighted by Crippen LogP contribution is 2.30. The van der Waals surface area contributed by atoms with Crippen LogP contribution in [0.2, 0.25) is 0 Å². The van der Waals surface area contributed by atoms with Gasteiger partial charge in [0.2, 0.25) is 0 Å². The lowest BCUT2D eigenvalue weighted by Gasteiger charge is -2.17. The van der Waals surface area contributed by atoms with Crippen LogP contribution < -0.4 is 14.9 Å². The van der Waals surface area contributed by atoms with Gasteiger partial charge in [-0.3, -0.25) is 9.59 Å². The Kier molecular flexibility index (Phi) is 7.28. The zero-order valence-corrected chi connectivity index (χ0v) is 17.9. The molecule has 0 atom stereocenters. The molecule has 164 valence electrons. The lowest BCUT2D eigenvalue weighted by Crippen LogP contribution is -2.17. The van der Waals surface area contributed by atoms with Crippen LogP contribution in [0.3, 0.4) is 0 Å². The SMILES string of the molecule is CCCOc1ccc(F)c2c(=O)c(-c3ccc(OC)cc3)cn(CCC(=O)OCC)c12. The summed E-state index contributed by atoms with van der Waals surface area (Å²) in [5, 5.41) is -0.0641. The average Bonchev–Trinajstić information content (AvgIpc) is 2.78. The first-order valence-electron chi connectivity index (χ1n) is 10.3. The fourth-order valence-electron chi connectivity index (χ4n) is 3.39. The number of hydrogen-bond donors (Lipinski definition) is 0. The molecule has 0 fully saturated rings. The summed E-state index contributed by atoms with van der Waals surface area (Å²) in [6, 6.07) is 9.71. The number of methoxy groups -OCH3 is 1. The molecule has 3 rings (SSSR count). The van der Waals surface area contributed by atoms with Crippen molar-refractivity contribution in [2.75, 3.05) is 20.3 Å². The summed E-state index contributed by atoms with van der Waals surface area (Å²) in [4.78, 5) is 25.2. The number of aryl methyl sites for hydroxylation is 1. The largest absolute Gasteiger partial charge is 0.497 e. The van der Waals surface area contributed by atoms with Gasteiger partial charge in [-0.2, -0.15) is 0 Å². The normalized spacial score (nSPS) is 10.8. The molecule has 0 unspecified atom stereocenters. The van der Waals surface area contributed by atoms with Gasteiger partial charge >= 0.3 is 5.97 Å². The van der Waals surface area contributed by atoms with Crippen molar-refractivity contribution in [3.63, 3.8) is 0 Å². The number of rotatable bonds is 9. The minimum Gasteiger partial charge on any atom is -0.497 e. The quantitative estimate of drug-likeness (QED) is 0.469. The molecule has 6 nitrogen and oxygen atoms in total. The van der Waals surface area contributed by atoms with Crippen molar-refractivity contribution in [3.8, 4) is 22.6 Å². The molecular weight excluding hydrogens is 401 g/mol. The molecule has 0 amide bonds. The number of carbonyl (C=O) groups is 1. The van der Waals surface area contributed by atoms with Crippen molar-refractivity contribution in [2.24, 2.45) is 0 Å². The minimum absolute atomic E-state index is 0.0641. The minimum atomic E-state index is -0.635. The van der Waals surface area contributed by atoms with Crippen molar-refractivity contribution >= 4 is 16.9 Å². The van der Waals surface area contributed by atoms with Gasteiger partial charge in [0.15, 0.2) is 5.43 Å². The first kappa shape index (κ1) is 22.3. The molecule has 0 bridgehead atoms. The van der Waals surface area contributed by atoms with Gasteiger partial charge in [-0.05, 0) is 43.2 Å². The van der Waals surface area contributed by atoms with E-state index in [1.807, 2.05) is 6.92 Å². The molecule has 1 heterocycles. The van der Waals surface area contributed by atoms with Gasteiger partial charge < -0.3 is 18.8 Å². The first-order valence-corrected chi connectivity index (χ1v) is 10.3. The van der Waals surface area contributed by atoms with Crippen LogP contribution in [-0.2, 0) is 16.1 Å². The Hall–Kier alpha value is -3.35. The highest BCUT2D eigenvalue weighted by molar-refractivity contribution is 5.89. The van der Waals surface area contributed by atoms with Crippen molar-refractivity contribution in [1.82, 2.24) is 4.57 Å². The second-order valence-electron chi connectivity index (χ2n) is 6.97. The maximum Gasteiger partial charge on any atom is 0.307 e. The van der Waals surface area contributed by atoms with E-state index < -0.39 is 11.2 Å². The number of halogens is 1. The summed E-state index contributed by atoms with van der Waals surface area (Å²) in [6.45, 7) is 4.61. The van der Waals surface area contributed by atoms with Gasteiger partial charge in [0.1, 0.15) is 17.3 Å². The molecular formula is C24H26FNO5. The second kappa shape index (κ2) is 10.1. The topological polar surface area (TPSA) is 66.8 Å². The van der Waals surface area contributed by atoms with Crippen LogP contribution in [0.4, 0.5) is 4.39 Å². The first-order chi connectivity index (χ1) is 15.0. The van der Waals surface area contributed by atoms with Crippen molar-refractivity contribution < 1.29 is 23.4 Å². The van der Waals surface area contributed by atoms with E-state index in [2.05, 4.69) is 0 Å². The molecule has 1 aromatic heterocycles. The van der Waals surface area contributed by atoms with Crippen LogP contribution in [0.15, 0.2) is 47.4 Å². The summed E-state index contributed by atoms with van der Waals surface area (Å²) >= 11 is 0. The van der Waals surface area contributed by atoms with Gasteiger partial charge in [0.25, 0.3) is 0 Å². The van der Waals surface area contributed by atoms with Crippen LogP contribution in [0, 0.1) is 5.82 Å². The molecule has 0 aliphatic heterocycles. The van der Waals surface area contributed by atoms with Crippen molar-refractivity contribution in [2.45, 2.75) is 33.2 Å². The summed E-state index contributed by atoms with van der Waals surface area (Å²) in [5.74, 6) is 0.0472. The maximum atomic E-state index is 14.9. The lowest BCUT2D eigenvalue weighted by atomic mass is 10.0. The van der Waals surface area contributed by atoms with E-state index in [0.29, 0.717) is 34.7 Å². The lowest BCUT2D eigenvalue weighted by molar-refractivity contribution is -0.143. The van der Waals surface area contributed by atoms with E-state index in [-0.39, 0.29) is 30.9 Å². The zero-order valence-electron chi connectivity index (χ0n) is 17.9. The number of benzene rings is 2. The predicted molar refractivity (Wildman–Crippen MR) is 117 cm³/mol. The molecule has 0 N–H and O–H groups in total. The Bertz CT molecular complexity index is 1120. The van der Waals surface area contributed by atoms with Gasteiger partial charge in [-0.25, -0.2) is 4.39 Å². The zero-order chi connectivity index (χ0) is 22.4. The summed E-state index contributed by atoms with van der Waals surface area (Å²) in [7, 11) is 1.56. The van der Waals surface area contributed by atoms with Crippen LogP contribution in [0.25, 0.3) is 22.0 Å². The Morgan fingerprint density at radius 3 is 2.48 bits per heavy atom. The molecule has 2 aromatic carbocycles. The van der Waals surface area contributed by atoms with Gasteiger partial charge in [-0.1, -0.05) is 19.1 Å². The molecule has 0 aliphatic rings. The van der Waals surface area contributed by atoms with E-state index in [1.165, 1.54) is 12.1 Å². The number of hydrogen-bond acceptors (Lipinski definition) is 5. The second-order valence-corrected chi connectivity index (χ2v) is 6.97. The fourth-order valence-corrected chi connectivity index (χ4v) is 3.39. The van der Waals surface area contributed by atoms with E-state index in [9.17, 15) is 14.0 Å². The molecule has 0 saturated carbocycles. The van der Waals surface area contributed by atoms with Gasteiger partial charge in [-0.15, -0.1) is 0 Å². The van der Waals surface area contributed by atoms with Crippen LogP contribution in [0.5, 0.6) is 11.5 Å². The van der Waals surface area contributed by atoms with Crippen molar-refractivity contribution in [1.29, 1.82) is 0 Å². The molecule has 0 aliphatic carbocycles. The number of pyridine rings is 1.